The predicted octanol–water partition coefficient (Wildman–Crippen LogP) is 1.20. The summed E-state index contributed by atoms with van der Waals surface area (Å²) in [5, 5.41) is 12.6. The maximum absolute atomic E-state index is 12.2. The molecule has 1 fully saturated rings. The smallest absolute Gasteiger partial charge is 0.259 e. The minimum absolute atomic E-state index is 0.0166. The molecule has 1 aromatic rings. The van der Waals surface area contributed by atoms with Gasteiger partial charge in [-0.2, -0.15) is 0 Å². The van der Waals surface area contributed by atoms with Crippen molar-refractivity contribution < 1.29 is 14.7 Å². The van der Waals surface area contributed by atoms with E-state index >= 15 is 0 Å². The van der Waals surface area contributed by atoms with Gasteiger partial charge in [0.15, 0.2) is 0 Å². The number of nitrogens with one attached hydrogen (secondary N) is 1. The Morgan fingerprint density at radius 2 is 2.11 bits per heavy atom. The van der Waals surface area contributed by atoms with Gasteiger partial charge in [-0.15, -0.1) is 0 Å². The second kappa shape index (κ2) is 2.83. The average molecular weight is 241 g/mol. The highest BCUT2D eigenvalue weighted by Crippen LogP contribution is 2.54. The van der Waals surface area contributed by atoms with Gasteiger partial charge in [0.2, 0.25) is 5.91 Å². The Hall–Kier alpha value is -2.10. The largest absolute Gasteiger partial charge is 0.507 e. The Labute approximate surface area is 103 Å². The lowest BCUT2D eigenvalue weighted by Gasteiger charge is -2.30. The van der Waals surface area contributed by atoms with Crippen LogP contribution in [-0.2, 0) is 21.4 Å². The van der Waals surface area contributed by atoms with Crippen molar-refractivity contribution in [3.05, 3.63) is 40.5 Å². The van der Waals surface area contributed by atoms with Crippen molar-refractivity contribution >= 4 is 17.6 Å². The molecule has 4 heteroatoms. The first-order valence-corrected chi connectivity index (χ1v) is 6.08. The molecule has 4 rings (SSSR count). The Kier molecular flexibility index (Phi) is 1.55. The highest BCUT2D eigenvalue weighted by atomic mass is 16.3. The SMILES string of the molecule is O=C1NC(=O)C23CCCc4cccc(c42)C(O)=C13. The molecule has 3 aliphatic rings. The summed E-state index contributed by atoms with van der Waals surface area (Å²) in [4.78, 5) is 24.1. The topological polar surface area (TPSA) is 66.4 Å². The van der Waals surface area contributed by atoms with Crippen LogP contribution in [0.4, 0.5) is 0 Å². The first-order chi connectivity index (χ1) is 8.66. The highest BCUT2D eigenvalue weighted by Gasteiger charge is 2.60. The van der Waals surface area contributed by atoms with E-state index in [1.54, 1.807) is 6.07 Å². The number of imide groups is 1. The van der Waals surface area contributed by atoms with Crippen LogP contribution in [0, 0.1) is 0 Å². The fourth-order valence-electron chi connectivity index (χ4n) is 3.68. The van der Waals surface area contributed by atoms with Crippen molar-refractivity contribution in [2.24, 2.45) is 0 Å². The second-order valence-electron chi connectivity index (χ2n) is 5.11. The van der Waals surface area contributed by atoms with E-state index in [-0.39, 0.29) is 17.2 Å². The molecule has 0 bridgehead atoms. The molecule has 2 aliphatic carbocycles. The lowest BCUT2D eigenvalue weighted by Crippen LogP contribution is -2.38. The lowest BCUT2D eigenvalue weighted by molar-refractivity contribution is -0.126. The van der Waals surface area contributed by atoms with Crippen molar-refractivity contribution in [1.82, 2.24) is 5.32 Å². The standard InChI is InChI=1S/C14H11NO3/c16-11-8-5-1-3-7-4-2-6-14(9(7)8)10(11)12(17)15-13(14)18/h1,3,5,16H,2,4,6H2,(H,15,17,18). The molecule has 1 heterocycles. The van der Waals surface area contributed by atoms with Crippen LogP contribution >= 0.6 is 0 Å². The maximum Gasteiger partial charge on any atom is 0.259 e. The van der Waals surface area contributed by atoms with Gasteiger partial charge in [-0.3, -0.25) is 14.9 Å². The zero-order chi connectivity index (χ0) is 12.5. The van der Waals surface area contributed by atoms with Crippen LogP contribution in [0.1, 0.15) is 29.5 Å². The zero-order valence-corrected chi connectivity index (χ0v) is 9.62. The molecule has 18 heavy (non-hydrogen) atoms. The summed E-state index contributed by atoms with van der Waals surface area (Å²) in [7, 11) is 0. The van der Waals surface area contributed by atoms with Crippen LogP contribution in [0.2, 0.25) is 0 Å². The van der Waals surface area contributed by atoms with Gasteiger partial charge in [0, 0.05) is 5.56 Å². The molecule has 0 aromatic heterocycles. The molecule has 1 unspecified atom stereocenters. The van der Waals surface area contributed by atoms with E-state index in [2.05, 4.69) is 5.32 Å². The van der Waals surface area contributed by atoms with E-state index in [1.165, 1.54) is 0 Å². The van der Waals surface area contributed by atoms with Crippen LogP contribution < -0.4 is 5.32 Å². The van der Waals surface area contributed by atoms with Crippen LogP contribution in [0.25, 0.3) is 5.76 Å². The quantitative estimate of drug-likeness (QED) is 0.671. The van der Waals surface area contributed by atoms with Crippen LogP contribution in [0.15, 0.2) is 23.8 Å². The van der Waals surface area contributed by atoms with Crippen molar-refractivity contribution in [3.63, 3.8) is 0 Å². The van der Waals surface area contributed by atoms with Crippen molar-refractivity contribution in [2.75, 3.05) is 0 Å². The fourth-order valence-corrected chi connectivity index (χ4v) is 3.68. The van der Waals surface area contributed by atoms with E-state index in [1.807, 2.05) is 12.1 Å². The summed E-state index contributed by atoms with van der Waals surface area (Å²) in [5.74, 6) is -0.737. The Morgan fingerprint density at radius 1 is 1.28 bits per heavy atom. The molecule has 2 N–H and O–H groups in total. The minimum Gasteiger partial charge on any atom is -0.507 e. The molecular formula is C14H11NO3. The average Bonchev–Trinajstić information content (AvgIpc) is 2.76. The van der Waals surface area contributed by atoms with Crippen LogP contribution in [0.5, 0.6) is 0 Å². The third kappa shape index (κ3) is 0.827. The molecular weight excluding hydrogens is 230 g/mol. The summed E-state index contributed by atoms with van der Waals surface area (Å²) < 4.78 is 0. The van der Waals surface area contributed by atoms with Crippen LogP contribution in [-0.4, -0.2) is 16.9 Å². The highest BCUT2D eigenvalue weighted by molar-refractivity contribution is 6.25. The van der Waals surface area contributed by atoms with Crippen LogP contribution in [0.3, 0.4) is 0 Å². The molecule has 2 amide bonds. The third-order valence-corrected chi connectivity index (χ3v) is 4.34. The van der Waals surface area contributed by atoms with Gasteiger partial charge in [0.25, 0.3) is 5.91 Å². The number of carbonyl (C=O) groups excluding carboxylic acids is 2. The van der Waals surface area contributed by atoms with Gasteiger partial charge in [0.1, 0.15) is 11.2 Å². The number of aliphatic hydroxyl groups excluding tert-OH is 1. The second-order valence-corrected chi connectivity index (χ2v) is 5.11. The molecule has 90 valence electrons. The minimum atomic E-state index is -0.911. The molecule has 1 aliphatic heterocycles. The molecule has 1 spiro atoms. The molecule has 4 nitrogen and oxygen atoms in total. The monoisotopic (exact) mass is 241 g/mol. The predicted molar refractivity (Wildman–Crippen MR) is 63.8 cm³/mol. The van der Waals surface area contributed by atoms with E-state index in [9.17, 15) is 14.7 Å². The number of carbonyl (C=O) groups is 2. The number of aliphatic hydroxyl groups is 1. The Morgan fingerprint density at radius 3 is 2.94 bits per heavy atom. The fraction of sp³-hybridized carbons (Fsp3) is 0.286. The van der Waals surface area contributed by atoms with Gasteiger partial charge >= 0.3 is 0 Å². The number of benzene rings is 1. The van der Waals surface area contributed by atoms with E-state index in [4.69, 9.17) is 0 Å². The molecule has 0 radical (unpaired) electrons. The normalized spacial score (nSPS) is 28.2. The Bertz CT molecular complexity index is 659. The van der Waals surface area contributed by atoms with Gasteiger partial charge < -0.3 is 5.11 Å². The number of amides is 2. The zero-order valence-electron chi connectivity index (χ0n) is 9.62. The van der Waals surface area contributed by atoms with E-state index in [0.717, 1.165) is 24.0 Å². The van der Waals surface area contributed by atoms with E-state index < -0.39 is 11.3 Å². The van der Waals surface area contributed by atoms with E-state index in [0.29, 0.717) is 12.0 Å². The number of hydrogen-bond donors (Lipinski definition) is 2. The first-order valence-electron chi connectivity index (χ1n) is 6.08. The lowest BCUT2D eigenvalue weighted by atomic mass is 9.69. The Balaban J connectivity index is 2.17. The van der Waals surface area contributed by atoms with Gasteiger partial charge in [-0.25, -0.2) is 0 Å². The molecule has 1 saturated heterocycles. The summed E-state index contributed by atoms with van der Waals surface area (Å²) in [6, 6.07) is 5.63. The van der Waals surface area contributed by atoms with Crippen molar-refractivity contribution in [1.29, 1.82) is 0 Å². The summed E-state index contributed by atoms with van der Waals surface area (Å²) >= 11 is 0. The maximum atomic E-state index is 12.2. The first kappa shape index (κ1) is 9.88. The van der Waals surface area contributed by atoms with Crippen molar-refractivity contribution in [2.45, 2.75) is 24.7 Å². The van der Waals surface area contributed by atoms with Gasteiger partial charge in [-0.1, -0.05) is 18.2 Å². The molecule has 1 aromatic carbocycles. The molecule has 0 saturated carbocycles. The summed E-state index contributed by atoms with van der Waals surface area (Å²) in [6.07, 6.45) is 2.36. The molecule has 1 atom stereocenters. The number of hydrogen-bond acceptors (Lipinski definition) is 3. The van der Waals surface area contributed by atoms with Crippen molar-refractivity contribution in [3.8, 4) is 0 Å². The third-order valence-electron chi connectivity index (χ3n) is 4.34. The van der Waals surface area contributed by atoms with Gasteiger partial charge in [-0.05, 0) is 30.4 Å². The summed E-state index contributed by atoms with van der Waals surface area (Å²) in [6.45, 7) is 0. The number of aryl methyl sites for hydroxylation is 1. The van der Waals surface area contributed by atoms with Gasteiger partial charge in [0.05, 0.1) is 5.57 Å². The summed E-state index contributed by atoms with van der Waals surface area (Å²) in [5.41, 5.74) is 1.93. The number of rotatable bonds is 0.